The van der Waals surface area contributed by atoms with Crippen LogP contribution in [0, 0.1) is 11.6 Å². The Hall–Kier alpha value is -2.02. The van der Waals surface area contributed by atoms with Crippen molar-refractivity contribution in [3.8, 4) is 0 Å². The Balaban J connectivity index is 1.79. The van der Waals surface area contributed by atoms with Crippen molar-refractivity contribution in [3.63, 3.8) is 0 Å². The molecular weight excluding hydrogens is 294 g/mol. The van der Waals surface area contributed by atoms with E-state index in [0.717, 1.165) is 12.1 Å². The van der Waals surface area contributed by atoms with Crippen molar-refractivity contribution >= 4 is 11.8 Å². The maximum absolute atomic E-state index is 13.0. The quantitative estimate of drug-likeness (QED) is 0.779. The van der Waals surface area contributed by atoms with Gasteiger partial charge in [-0.3, -0.25) is 9.59 Å². The third-order valence-electron chi connectivity index (χ3n) is 3.60. The van der Waals surface area contributed by atoms with Crippen molar-refractivity contribution in [2.24, 2.45) is 0 Å². The lowest BCUT2D eigenvalue weighted by Crippen LogP contribution is -2.43. The summed E-state index contributed by atoms with van der Waals surface area (Å²) in [4.78, 5) is 23.5. The van der Waals surface area contributed by atoms with Crippen molar-refractivity contribution < 1.29 is 23.5 Å². The minimum Gasteiger partial charge on any atom is -0.393 e. The zero-order chi connectivity index (χ0) is 16.1. The Morgan fingerprint density at radius 3 is 2.27 bits per heavy atom. The maximum atomic E-state index is 13.0. The molecule has 120 valence electrons. The van der Waals surface area contributed by atoms with Crippen molar-refractivity contribution in [1.29, 1.82) is 0 Å². The van der Waals surface area contributed by atoms with Gasteiger partial charge in [0.25, 0.3) is 5.91 Å². The zero-order valence-electron chi connectivity index (χ0n) is 11.9. The Morgan fingerprint density at radius 2 is 1.68 bits per heavy atom. The van der Waals surface area contributed by atoms with Crippen molar-refractivity contribution in [2.75, 3.05) is 6.54 Å². The van der Waals surface area contributed by atoms with Crippen molar-refractivity contribution in [2.45, 2.75) is 37.8 Å². The number of hydrogen-bond donors (Lipinski definition) is 3. The maximum Gasteiger partial charge on any atom is 0.251 e. The van der Waals surface area contributed by atoms with E-state index in [2.05, 4.69) is 10.6 Å². The first-order chi connectivity index (χ1) is 10.4. The molecule has 1 aromatic carbocycles. The first-order valence-electron chi connectivity index (χ1n) is 7.16. The molecule has 0 aromatic heterocycles. The molecule has 1 aliphatic rings. The summed E-state index contributed by atoms with van der Waals surface area (Å²) in [6.45, 7) is -0.268. The molecule has 0 spiro atoms. The van der Waals surface area contributed by atoms with Gasteiger partial charge in [0.1, 0.15) is 11.6 Å². The minimum absolute atomic E-state index is 0.0144. The van der Waals surface area contributed by atoms with Crippen LogP contribution >= 0.6 is 0 Å². The lowest BCUT2D eigenvalue weighted by molar-refractivity contribution is -0.121. The van der Waals surface area contributed by atoms with Crippen LogP contribution in [0.3, 0.4) is 0 Å². The number of benzene rings is 1. The summed E-state index contributed by atoms with van der Waals surface area (Å²) in [6, 6.07) is 2.46. The largest absolute Gasteiger partial charge is 0.393 e. The summed E-state index contributed by atoms with van der Waals surface area (Å²) in [7, 11) is 0. The van der Waals surface area contributed by atoms with Gasteiger partial charge in [-0.25, -0.2) is 8.78 Å². The van der Waals surface area contributed by atoms with Crippen LogP contribution in [-0.4, -0.2) is 35.6 Å². The molecule has 0 saturated heterocycles. The lowest BCUT2D eigenvalue weighted by atomic mass is 9.93. The van der Waals surface area contributed by atoms with Gasteiger partial charge < -0.3 is 15.7 Å². The molecule has 0 aliphatic heterocycles. The van der Waals surface area contributed by atoms with Gasteiger partial charge >= 0.3 is 0 Å². The molecule has 3 N–H and O–H groups in total. The van der Waals surface area contributed by atoms with Gasteiger partial charge in [-0.05, 0) is 37.8 Å². The molecule has 0 radical (unpaired) electrons. The second-order valence-corrected chi connectivity index (χ2v) is 5.41. The summed E-state index contributed by atoms with van der Waals surface area (Å²) in [5.74, 6) is -2.79. The molecule has 0 unspecified atom stereocenters. The highest BCUT2D eigenvalue weighted by atomic mass is 19.1. The van der Waals surface area contributed by atoms with Crippen molar-refractivity contribution in [3.05, 3.63) is 35.4 Å². The summed E-state index contributed by atoms with van der Waals surface area (Å²) in [5.41, 5.74) is -0.175. The van der Waals surface area contributed by atoms with Gasteiger partial charge in [-0.15, -0.1) is 0 Å². The number of halogens is 2. The molecule has 1 aromatic rings. The molecule has 2 rings (SSSR count). The standard InChI is InChI=1S/C15H18F2N2O3/c16-10-5-9(6-11(17)7-10)15(22)18-8-14(21)19-12-1-3-13(20)4-2-12/h5-7,12-13,20H,1-4,8H2,(H,18,22)(H,19,21). The van der Waals surface area contributed by atoms with Crippen LogP contribution in [0.15, 0.2) is 18.2 Å². The van der Waals surface area contributed by atoms with Gasteiger partial charge in [0, 0.05) is 17.7 Å². The second-order valence-electron chi connectivity index (χ2n) is 5.41. The number of aliphatic hydroxyl groups excluding tert-OH is 1. The molecule has 5 nitrogen and oxygen atoms in total. The fourth-order valence-corrected chi connectivity index (χ4v) is 2.45. The SMILES string of the molecule is O=C(CNC(=O)c1cc(F)cc(F)c1)NC1CCC(O)CC1. The Kier molecular flexibility index (Phi) is 5.43. The highest BCUT2D eigenvalue weighted by Crippen LogP contribution is 2.18. The fraction of sp³-hybridized carbons (Fsp3) is 0.467. The first kappa shape index (κ1) is 16.4. The average molecular weight is 312 g/mol. The molecule has 1 aliphatic carbocycles. The molecule has 0 bridgehead atoms. The Labute approximate surface area is 126 Å². The number of hydrogen-bond acceptors (Lipinski definition) is 3. The Bertz CT molecular complexity index is 537. The first-order valence-corrected chi connectivity index (χ1v) is 7.16. The van der Waals surface area contributed by atoms with E-state index in [1.165, 1.54) is 0 Å². The van der Waals surface area contributed by atoms with Crippen molar-refractivity contribution in [1.82, 2.24) is 10.6 Å². The molecule has 7 heteroatoms. The predicted molar refractivity (Wildman–Crippen MR) is 75.1 cm³/mol. The summed E-state index contributed by atoms with van der Waals surface area (Å²) >= 11 is 0. The van der Waals surface area contributed by atoms with E-state index in [-0.39, 0.29) is 30.2 Å². The molecule has 0 atom stereocenters. The number of carbonyl (C=O) groups is 2. The van der Waals surface area contributed by atoms with E-state index in [1.54, 1.807) is 0 Å². The van der Waals surface area contributed by atoms with Gasteiger partial charge in [0.2, 0.25) is 5.91 Å². The third-order valence-corrected chi connectivity index (χ3v) is 3.60. The summed E-state index contributed by atoms with van der Waals surface area (Å²) in [5, 5.41) is 14.5. The highest BCUT2D eigenvalue weighted by Gasteiger charge is 2.21. The predicted octanol–water partition coefficient (Wildman–Crippen LogP) is 1.11. The topological polar surface area (TPSA) is 78.4 Å². The molecule has 1 fully saturated rings. The fourth-order valence-electron chi connectivity index (χ4n) is 2.45. The third kappa shape index (κ3) is 4.77. The Morgan fingerprint density at radius 1 is 1.09 bits per heavy atom. The van der Waals surface area contributed by atoms with E-state index in [1.807, 2.05) is 0 Å². The lowest BCUT2D eigenvalue weighted by Gasteiger charge is -2.26. The van der Waals surface area contributed by atoms with E-state index in [0.29, 0.717) is 31.7 Å². The van der Waals surface area contributed by atoms with E-state index in [9.17, 15) is 23.5 Å². The number of amides is 2. The van der Waals surface area contributed by atoms with Crippen LogP contribution in [0.4, 0.5) is 8.78 Å². The van der Waals surface area contributed by atoms with Gasteiger partial charge in [0.15, 0.2) is 0 Å². The number of rotatable bonds is 4. The van der Waals surface area contributed by atoms with Crippen LogP contribution < -0.4 is 10.6 Å². The van der Waals surface area contributed by atoms with Crippen LogP contribution in [0.25, 0.3) is 0 Å². The number of aliphatic hydroxyl groups is 1. The molecular formula is C15H18F2N2O3. The molecule has 1 saturated carbocycles. The van der Waals surface area contributed by atoms with Crippen LogP contribution in [0.5, 0.6) is 0 Å². The zero-order valence-corrected chi connectivity index (χ0v) is 11.9. The van der Waals surface area contributed by atoms with Crippen LogP contribution in [0.2, 0.25) is 0 Å². The smallest absolute Gasteiger partial charge is 0.251 e. The van der Waals surface area contributed by atoms with Gasteiger partial charge in [0.05, 0.1) is 12.6 Å². The van der Waals surface area contributed by atoms with Gasteiger partial charge in [-0.1, -0.05) is 0 Å². The van der Waals surface area contributed by atoms with E-state index in [4.69, 9.17) is 0 Å². The highest BCUT2D eigenvalue weighted by molar-refractivity contribution is 5.96. The summed E-state index contributed by atoms with van der Waals surface area (Å²) < 4.78 is 26.0. The second kappa shape index (κ2) is 7.31. The summed E-state index contributed by atoms with van der Waals surface area (Å²) in [6.07, 6.45) is 2.35. The number of nitrogens with one attached hydrogen (secondary N) is 2. The molecule has 22 heavy (non-hydrogen) atoms. The minimum atomic E-state index is -0.852. The van der Waals surface area contributed by atoms with Crippen LogP contribution in [0.1, 0.15) is 36.0 Å². The molecule has 0 heterocycles. The number of carbonyl (C=O) groups excluding carboxylic acids is 2. The van der Waals surface area contributed by atoms with E-state index >= 15 is 0 Å². The normalized spacial score (nSPS) is 21.2. The molecule has 2 amide bonds. The van der Waals surface area contributed by atoms with Crippen LogP contribution in [-0.2, 0) is 4.79 Å². The average Bonchev–Trinajstić information content (AvgIpc) is 2.46. The monoisotopic (exact) mass is 312 g/mol. The van der Waals surface area contributed by atoms with E-state index < -0.39 is 17.5 Å². The van der Waals surface area contributed by atoms with Gasteiger partial charge in [-0.2, -0.15) is 0 Å².